The van der Waals surface area contributed by atoms with Gasteiger partial charge >= 0.3 is 0 Å². The summed E-state index contributed by atoms with van der Waals surface area (Å²) >= 11 is 3.06. The number of nitrogens with one attached hydrogen (secondary N) is 1. The van der Waals surface area contributed by atoms with Crippen LogP contribution in [0.2, 0.25) is 0 Å². The molecule has 0 aliphatic rings. The van der Waals surface area contributed by atoms with Crippen LogP contribution in [0.15, 0.2) is 21.4 Å². The summed E-state index contributed by atoms with van der Waals surface area (Å²) in [6.07, 6.45) is 2.68. The van der Waals surface area contributed by atoms with Gasteiger partial charge in [0.1, 0.15) is 11.6 Å². The standard InChI is InChI=1S/C12H12BrFN2O/c1-2-3-4-11-15-10-6-9(14)8(13)5-7(10)12(17)16-11/h5-6H,2-4H2,1H3,(H,15,16,17). The van der Waals surface area contributed by atoms with Gasteiger partial charge in [0.25, 0.3) is 5.56 Å². The highest BCUT2D eigenvalue weighted by atomic mass is 79.9. The van der Waals surface area contributed by atoms with Crippen molar-refractivity contribution in [1.29, 1.82) is 0 Å². The first-order valence-electron chi connectivity index (χ1n) is 5.49. The number of aromatic nitrogens is 2. The monoisotopic (exact) mass is 298 g/mol. The fourth-order valence-electron chi connectivity index (χ4n) is 1.65. The van der Waals surface area contributed by atoms with Crippen molar-refractivity contribution in [3.8, 4) is 0 Å². The van der Waals surface area contributed by atoms with Gasteiger partial charge in [0.05, 0.1) is 15.4 Å². The van der Waals surface area contributed by atoms with Crippen LogP contribution in [0.5, 0.6) is 0 Å². The topological polar surface area (TPSA) is 45.8 Å². The zero-order valence-corrected chi connectivity index (χ0v) is 11.0. The van der Waals surface area contributed by atoms with Crippen LogP contribution in [-0.4, -0.2) is 9.97 Å². The number of H-pyrrole nitrogens is 1. The minimum absolute atomic E-state index is 0.221. The molecule has 90 valence electrons. The smallest absolute Gasteiger partial charge is 0.258 e. The maximum atomic E-state index is 13.4. The van der Waals surface area contributed by atoms with Gasteiger partial charge in [-0.3, -0.25) is 4.79 Å². The molecule has 0 spiro atoms. The fraction of sp³-hybridized carbons (Fsp3) is 0.333. The van der Waals surface area contributed by atoms with E-state index in [2.05, 4.69) is 32.8 Å². The van der Waals surface area contributed by atoms with E-state index in [0.29, 0.717) is 23.1 Å². The first kappa shape index (κ1) is 12.2. The Morgan fingerprint density at radius 1 is 1.47 bits per heavy atom. The molecule has 1 aromatic carbocycles. The first-order valence-corrected chi connectivity index (χ1v) is 6.29. The summed E-state index contributed by atoms with van der Waals surface area (Å²) in [5.41, 5.74) is 0.183. The normalized spacial score (nSPS) is 11.0. The molecule has 1 heterocycles. The van der Waals surface area contributed by atoms with E-state index in [1.165, 1.54) is 12.1 Å². The van der Waals surface area contributed by atoms with Crippen LogP contribution in [0, 0.1) is 5.82 Å². The molecular formula is C12H12BrFN2O. The molecule has 0 aliphatic heterocycles. The third-order valence-electron chi connectivity index (χ3n) is 2.56. The fourth-order valence-corrected chi connectivity index (χ4v) is 1.99. The minimum atomic E-state index is -0.406. The maximum Gasteiger partial charge on any atom is 0.258 e. The Balaban J connectivity index is 2.57. The van der Waals surface area contributed by atoms with Gasteiger partial charge in [0.15, 0.2) is 0 Å². The molecule has 5 heteroatoms. The lowest BCUT2D eigenvalue weighted by Crippen LogP contribution is -2.12. The summed E-state index contributed by atoms with van der Waals surface area (Å²) < 4.78 is 13.6. The number of aromatic amines is 1. The average Bonchev–Trinajstić information content (AvgIpc) is 2.29. The molecule has 0 amide bonds. The van der Waals surface area contributed by atoms with Crippen LogP contribution >= 0.6 is 15.9 Å². The molecule has 2 aromatic rings. The van der Waals surface area contributed by atoms with Gasteiger partial charge in [-0.25, -0.2) is 9.37 Å². The summed E-state index contributed by atoms with van der Waals surface area (Å²) in [5.74, 6) is 0.211. The largest absolute Gasteiger partial charge is 0.310 e. The van der Waals surface area contributed by atoms with Crippen LogP contribution in [0.25, 0.3) is 10.9 Å². The lowest BCUT2D eigenvalue weighted by Gasteiger charge is -2.03. The van der Waals surface area contributed by atoms with E-state index in [0.717, 1.165) is 12.8 Å². The lowest BCUT2D eigenvalue weighted by atomic mass is 10.2. The highest BCUT2D eigenvalue weighted by Crippen LogP contribution is 2.19. The number of fused-ring (bicyclic) bond motifs is 1. The van der Waals surface area contributed by atoms with E-state index in [1.807, 2.05) is 0 Å². The first-order chi connectivity index (χ1) is 8.11. The number of aryl methyl sites for hydroxylation is 1. The van der Waals surface area contributed by atoms with Gasteiger partial charge in [0, 0.05) is 12.5 Å². The second-order valence-corrected chi connectivity index (χ2v) is 4.75. The summed E-state index contributed by atoms with van der Waals surface area (Å²) in [7, 11) is 0. The van der Waals surface area contributed by atoms with Crippen molar-refractivity contribution >= 4 is 26.8 Å². The molecule has 0 aliphatic carbocycles. The zero-order chi connectivity index (χ0) is 12.4. The molecule has 0 atom stereocenters. The van der Waals surface area contributed by atoms with Gasteiger partial charge < -0.3 is 4.98 Å². The summed E-state index contributed by atoms with van der Waals surface area (Å²) in [5, 5.41) is 0.401. The molecule has 0 fully saturated rings. The van der Waals surface area contributed by atoms with Gasteiger partial charge in [-0.15, -0.1) is 0 Å². The number of halogens is 2. The highest BCUT2D eigenvalue weighted by Gasteiger charge is 2.08. The zero-order valence-electron chi connectivity index (χ0n) is 9.39. The molecule has 1 aromatic heterocycles. The van der Waals surface area contributed by atoms with Crippen LogP contribution in [-0.2, 0) is 6.42 Å². The third kappa shape index (κ3) is 2.54. The van der Waals surface area contributed by atoms with E-state index < -0.39 is 5.82 Å². The van der Waals surface area contributed by atoms with E-state index in [1.54, 1.807) is 0 Å². The maximum absolute atomic E-state index is 13.4. The molecule has 17 heavy (non-hydrogen) atoms. The highest BCUT2D eigenvalue weighted by molar-refractivity contribution is 9.10. The Bertz CT molecular complexity index is 609. The lowest BCUT2D eigenvalue weighted by molar-refractivity contribution is 0.622. The second kappa shape index (κ2) is 4.96. The summed E-state index contributed by atoms with van der Waals surface area (Å²) in [6, 6.07) is 2.74. The van der Waals surface area contributed by atoms with Gasteiger partial charge in [0.2, 0.25) is 0 Å². The average molecular weight is 299 g/mol. The molecular weight excluding hydrogens is 287 g/mol. The SMILES string of the molecule is CCCCc1nc2cc(F)c(Br)cc2c(=O)[nH]1. The molecule has 0 unspecified atom stereocenters. The van der Waals surface area contributed by atoms with Crippen LogP contribution in [0.1, 0.15) is 25.6 Å². The Labute approximate surface area is 106 Å². The van der Waals surface area contributed by atoms with Crippen LogP contribution < -0.4 is 5.56 Å². The Morgan fingerprint density at radius 2 is 2.24 bits per heavy atom. The molecule has 1 N–H and O–H groups in total. The van der Waals surface area contributed by atoms with E-state index in [-0.39, 0.29) is 10.0 Å². The summed E-state index contributed by atoms with van der Waals surface area (Å²) in [6.45, 7) is 2.07. The predicted molar refractivity (Wildman–Crippen MR) is 68.6 cm³/mol. The quantitative estimate of drug-likeness (QED) is 0.946. The van der Waals surface area contributed by atoms with Crippen LogP contribution in [0.3, 0.4) is 0 Å². The Morgan fingerprint density at radius 3 is 2.94 bits per heavy atom. The molecule has 3 nitrogen and oxygen atoms in total. The molecule has 0 bridgehead atoms. The van der Waals surface area contributed by atoms with E-state index >= 15 is 0 Å². The number of hydrogen-bond donors (Lipinski definition) is 1. The van der Waals surface area contributed by atoms with Crippen molar-refractivity contribution in [3.63, 3.8) is 0 Å². The van der Waals surface area contributed by atoms with Crippen molar-refractivity contribution in [2.75, 3.05) is 0 Å². The van der Waals surface area contributed by atoms with Crippen molar-refractivity contribution in [3.05, 3.63) is 38.6 Å². The predicted octanol–water partition coefficient (Wildman–Crippen LogP) is 3.17. The van der Waals surface area contributed by atoms with Crippen molar-refractivity contribution in [1.82, 2.24) is 9.97 Å². The summed E-state index contributed by atoms with van der Waals surface area (Å²) in [4.78, 5) is 18.8. The molecule has 2 rings (SSSR count). The number of rotatable bonds is 3. The van der Waals surface area contributed by atoms with Gasteiger partial charge in [-0.1, -0.05) is 13.3 Å². The molecule has 0 saturated heterocycles. The Kier molecular flexibility index (Phi) is 3.57. The minimum Gasteiger partial charge on any atom is -0.310 e. The van der Waals surface area contributed by atoms with Gasteiger partial charge in [-0.2, -0.15) is 0 Å². The Hall–Kier alpha value is -1.23. The van der Waals surface area contributed by atoms with Crippen molar-refractivity contribution < 1.29 is 4.39 Å². The molecule has 0 saturated carbocycles. The molecule has 0 radical (unpaired) electrons. The van der Waals surface area contributed by atoms with E-state index in [9.17, 15) is 9.18 Å². The number of benzene rings is 1. The third-order valence-corrected chi connectivity index (χ3v) is 3.17. The van der Waals surface area contributed by atoms with Crippen LogP contribution in [0.4, 0.5) is 4.39 Å². The number of hydrogen-bond acceptors (Lipinski definition) is 2. The van der Waals surface area contributed by atoms with E-state index in [4.69, 9.17) is 0 Å². The van der Waals surface area contributed by atoms with Crippen molar-refractivity contribution in [2.45, 2.75) is 26.2 Å². The number of unbranched alkanes of at least 4 members (excludes halogenated alkanes) is 1. The van der Waals surface area contributed by atoms with Gasteiger partial charge in [-0.05, 0) is 28.4 Å². The van der Waals surface area contributed by atoms with Crippen molar-refractivity contribution in [2.24, 2.45) is 0 Å². The number of nitrogens with zero attached hydrogens (tertiary/aromatic N) is 1. The second-order valence-electron chi connectivity index (χ2n) is 3.90.